The maximum Gasteiger partial charge on any atom is 0.126 e. The second-order valence-corrected chi connectivity index (χ2v) is 3.89. The van der Waals surface area contributed by atoms with Gasteiger partial charge in [-0.2, -0.15) is 0 Å². The minimum absolute atomic E-state index is 0.147. The summed E-state index contributed by atoms with van der Waals surface area (Å²) < 4.78 is 13.3. The van der Waals surface area contributed by atoms with Crippen molar-refractivity contribution in [3.63, 3.8) is 0 Å². The van der Waals surface area contributed by atoms with Crippen LogP contribution in [0.5, 0.6) is 0 Å². The van der Waals surface area contributed by atoms with Crippen molar-refractivity contribution in [1.82, 2.24) is 0 Å². The molecule has 2 aromatic carbocycles. The molecule has 0 aliphatic heterocycles. The Labute approximate surface area is 100 Å². The van der Waals surface area contributed by atoms with E-state index in [1.54, 1.807) is 12.1 Å². The van der Waals surface area contributed by atoms with Crippen LogP contribution in [0, 0.1) is 5.82 Å². The zero-order chi connectivity index (χ0) is 12.1. The molecule has 3 heteroatoms. The van der Waals surface area contributed by atoms with E-state index in [0.29, 0.717) is 13.0 Å². The zero-order valence-electron chi connectivity index (χ0n) is 9.49. The molecular weight excluding hydrogens is 215 g/mol. The summed E-state index contributed by atoms with van der Waals surface area (Å²) in [5.74, 6) is -0.147. The second kappa shape index (κ2) is 5.34. The van der Waals surface area contributed by atoms with E-state index in [4.69, 9.17) is 5.73 Å². The Hall–Kier alpha value is -2.03. The van der Waals surface area contributed by atoms with Gasteiger partial charge in [-0.3, -0.25) is 0 Å². The summed E-state index contributed by atoms with van der Waals surface area (Å²) in [6, 6.07) is 14.3. The minimum Gasteiger partial charge on any atom is -0.399 e. The Bertz CT molecular complexity index is 480. The van der Waals surface area contributed by atoms with E-state index in [1.165, 1.54) is 6.07 Å². The van der Waals surface area contributed by atoms with Gasteiger partial charge in [0.25, 0.3) is 0 Å². The van der Waals surface area contributed by atoms with Crippen LogP contribution in [0.4, 0.5) is 15.8 Å². The molecule has 0 heterocycles. The van der Waals surface area contributed by atoms with Gasteiger partial charge in [0.05, 0.1) is 0 Å². The largest absolute Gasteiger partial charge is 0.399 e. The van der Waals surface area contributed by atoms with Gasteiger partial charge in [-0.15, -0.1) is 0 Å². The van der Waals surface area contributed by atoms with Crippen molar-refractivity contribution in [2.75, 3.05) is 17.6 Å². The monoisotopic (exact) mass is 230 g/mol. The third-order valence-corrected chi connectivity index (χ3v) is 2.59. The second-order valence-electron chi connectivity index (χ2n) is 3.89. The summed E-state index contributed by atoms with van der Waals surface area (Å²) in [6.45, 7) is 0.699. The standard InChI is InChI=1S/C14H15FN2/c15-14-4-2-1-3-11(14)9-10-17-13-7-5-12(16)6-8-13/h1-8,17H,9-10,16H2. The Morgan fingerprint density at radius 1 is 1.00 bits per heavy atom. The van der Waals surface area contributed by atoms with Crippen molar-refractivity contribution >= 4 is 11.4 Å². The first-order valence-electron chi connectivity index (χ1n) is 5.58. The SMILES string of the molecule is Nc1ccc(NCCc2ccccc2F)cc1. The van der Waals surface area contributed by atoms with Crippen LogP contribution < -0.4 is 11.1 Å². The van der Waals surface area contributed by atoms with Crippen LogP contribution in [0.25, 0.3) is 0 Å². The van der Waals surface area contributed by atoms with Crippen LogP contribution in [0.3, 0.4) is 0 Å². The van der Waals surface area contributed by atoms with Crippen LogP contribution in [-0.4, -0.2) is 6.54 Å². The molecule has 0 saturated heterocycles. The molecule has 0 atom stereocenters. The molecule has 2 aromatic rings. The Morgan fingerprint density at radius 3 is 2.41 bits per heavy atom. The number of nitrogen functional groups attached to an aromatic ring is 1. The van der Waals surface area contributed by atoms with Gasteiger partial charge in [-0.25, -0.2) is 4.39 Å². The number of benzene rings is 2. The van der Waals surface area contributed by atoms with Gasteiger partial charge in [0.1, 0.15) is 5.82 Å². The van der Waals surface area contributed by atoms with E-state index < -0.39 is 0 Å². The van der Waals surface area contributed by atoms with Crippen molar-refractivity contribution in [3.05, 3.63) is 59.9 Å². The Morgan fingerprint density at radius 2 is 1.71 bits per heavy atom. The average molecular weight is 230 g/mol. The van der Waals surface area contributed by atoms with Crippen molar-refractivity contribution in [2.45, 2.75) is 6.42 Å². The lowest BCUT2D eigenvalue weighted by Gasteiger charge is -2.07. The van der Waals surface area contributed by atoms with E-state index in [0.717, 1.165) is 16.9 Å². The average Bonchev–Trinajstić information content (AvgIpc) is 2.34. The number of halogens is 1. The quantitative estimate of drug-likeness (QED) is 0.792. The molecule has 0 saturated carbocycles. The van der Waals surface area contributed by atoms with Crippen LogP contribution in [0.2, 0.25) is 0 Å². The first-order valence-corrected chi connectivity index (χ1v) is 5.58. The fraction of sp³-hybridized carbons (Fsp3) is 0.143. The highest BCUT2D eigenvalue weighted by atomic mass is 19.1. The highest BCUT2D eigenvalue weighted by Crippen LogP contribution is 2.11. The van der Waals surface area contributed by atoms with Crippen LogP contribution >= 0.6 is 0 Å². The van der Waals surface area contributed by atoms with Gasteiger partial charge in [0, 0.05) is 17.9 Å². The molecule has 0 radical (unpaired) electrons. The number of hydrogen-bond acceptors (Lipinski definition) is 2. The molecule has 17 heavy (non-hydrogen) atoms. The smallest absolute Gasteiger partial charge is 0.126 e. The molecule has 0 unspecified atom stereocenters. The molecule has 2 nitrogen and oxygen atoms in total. The van der Waals surface area contributed by atoms with Crippen LogP contribution in [0.15, 0.2) is 48.5 Å². The van der Waals surface area contributed by atoms with Gasteiger partial charge in [-0.05, 0) is 42.3 Å². The summed E-state index contributed by atoms with van der Waals surface area (Å²) in [7, 11) is 0. The zero-order valence-corrected chi connectivity index (χ0v) is 9.49. The number of nitrogens with one attached hydrogen (secondary N) is 1. The number of rotatable bonds is 4. The maximum absolute atomic E-state index is 13.3. The van der Waals surface area contributed by atoms with E-state index in [1.807, 2.05) is 30.3 Å². The normalized spacial score (nSPS) is 10.2. The van der Waals surface area contributed by atoms with Gasteiger partial charge < -0.3 is 11.1 Å². The van der Waals surface area contributed by atoms with E-state index >= 15 is 0 Å². The van der Waals surface area contributed by atoms with Crippen molar-refractivity contribution in [2.24, 2.45) is 0 Å². The molecule has 0 aromatic heterocycles. The Balaban J connectivity index is 1.88. The van der Waals surface area contributed by atoms with E-state index in [9.17, 15) is 4.39 Å². The third kappa shape index (κ3) is 3.21. The maximum atomic E-state index is 13.3. The molecule has 3 N–H and O–H groups in total. The topological polar surface area (TPSA) is 38.0 Å². The van der Waals surface area contributed by atoms with Crippen molar-refractivity contribution < 1.29 is 4.39 Å². The van der Waals surface area contributed by atoms with Gasteiger partial charge in [0.15, 0.2) is 0 Å². The van der Waals surface area contributed by atoms with Gasteiger partial charge in [-0.1, -0.05) is 18.2 Å². The first-order chi connectivity index (χ1) is 8.25. The van der Waals surface area contributed by atoms with Crippen LogP contribution in [0.1, 0.15) is 5.56 Å². The lowest BCUT2D eigenvalue weighted by molar-refractivity contribution is 0.610. The van der Waals surface area contributed by atoms with Gasteiger partial charge in [0.2, 0.25) is 0 Å². The molecule has 0 amide bonds. The van der Waals surface area contributed by atoms with E-state index in [-0.39, 0.29) is 5.82 Å². The lowest BCUT2D eigenvalue weighted by atomic mass is 10.1. The minimum atomic E-state index is -0.147. The summed E-state index contributed by atoms with van der Waals surface area (Å²) in [4.78, 5) is 0. The summed E-state index contributed by atoms with van der Waals surface area (Å²) in [6.07, 6.45) is 0.664. The summed E-state index contributed by atoms with van der Waals surface area (Å²) in [5.41, 5.74) is 8.06. The fourth-order valence-electron chi connectivity index (χ4n) is 1.64. The molecule has 2 rings (SSSR count). The number of anilines is 2. The molecule has 0 aliphatic carbocycles. The number of hydrogen-bond donors (Lipinski definition) is 2. The molecule has 88 valence electrons. The first kappa shape index (κ1) is 11.5. The predicted molar refractivity (Wildman–Crippen MR) is 69.4 cm³/mol. The highest BCUT2D eigenvalue weighted by molar-refractivity contribution is 5.51. The molecule has 0 bridgehead atoms. The van der Waals surface area contributed by atoms with Crippen LogP contribution in [-0.2, 0) is 6.42 Å². The summed E-state index contributed by atoms with van der Waals surface area (Å²) >= 11 is 0. The number of nitrogens with two attached hydrogens (primary N) is 1. The molecular formula is C14H15FN2. The lowest BCUT2D eigenvalue weighted by Crippen LogP contribution is -2.06. The molecule has 0 aliphatic rings. The predicted octanol–water partition coefficient (Wildman–Crippen LogP) is 3.06. The third-order valence-electron chi connectivity index (χ3n) is 2.59. The molecule has 0 spiro atoms. The molecule has 0 fully saturated rings. The Kier molecular flexibility index (Phi) is 3.60. The van der Waals surface area contributed by atoms with Crippen molar-refractivity contribution in [1.29, 1.82) is 0 Å². The van der Waals surface area contributed by atoms with E-state index in [2.05, 4.69) is 5.32 Å². The summed E-state index contributed by atoms with van der Waals surface area (Å²) in [5, 5.41) is 3.23. The van der Waals surface area contributed by atoms with Crippen molar-refractivity contribution in [3.8, 4) is 0 Å². The highest BCUT2D eigenvalue weighted by Gasteiger charge is 1.99. The fourth-order valence-corrected chi connectivity index (χ4v) is 1.64. The van der Waals surface area contributed by atoms with Gasteiger partial charge >= 0.3 is 0 Å².